The number of aromatic nitrogens is 2. The lowest BCUT2D eigenvalue weighted by Crippen LogP contribution is -2.18. The minimum Gasteiger partial charge on any atom is -0.346 e. The van der Waals surface area contributed by atoms with E-state index in [1.54, 1.807) is 0 Å². The van der Waals surface area contributed by atoms with Gasteiger partial charge >= 0.3 is 0 Å². The number of hydrogen-bond acceptors (Lipinski definition) is 1. The van der Waals surface area contributed by atoms with Gasteiger partial charge in [0.1, 0.15) is 5.82 Å². The van der Waals surface area contributed by atoms with E-state index < -0.39 is 0 Å². The van der Waals surface area contributed by atoms with Gasteiger partial charge in [-0.15, -0.1) is 0 Å². The van der Waals surface area contributed by atoms with Crippen LogP contribution in [0.15, 0.2) is 6.20 Å². The predicted molar refractivity (Wildman–Crippen MR) is 132 cm³/mol. The first-order valence-electron chi connectivity index (χ1n) is 13.6. The van der Waals surface area contributed by atoms with Crippen molar-refractivity contribution in [3.05, 3.63) is 17.7 Å². The van der Waals surface area contributed by atoms with E-state index in [9.17, 15) is 0 Å². The first-order valence-corrected chi connectivity index (χ1v) is 13.6. The Hall–Kier alpha value is -0.790. The highest BCUT2D eigenvalue weighted by Gasteiger charge is 2.23. The molecular formula is C28H52N2. The Kier molecular flexibility index (Phi) is 12.8. The van der Waals surface area contributed by atoms with Crippen molar-refractivity contribution in [1.82, 2.24) is 9.97 Å². The summed E-state index contributed by atoms with van der Waals surface area (Å²) in [5.74, 6) is 4.58. The maximum absolute atomic E-state index is 4.71. The average Bonchev–Trinajstić information content (AvgIpc) is 3.13. The molecule has 1 aliphatic heterocycles. The van der Waals surface area contributed by atoms with Gasteiger partial charge in [-0.1, -0.05) is 105 Å². The van der Waals surface area contributed by atoms with Crippen LogP contribution >= 0.6 is 0 Å². The predicted octanol–water partition coefficient (Wildman–Crippen LogP) is 8.90. The molecule has 174 valence electrons. The number of unbranched alkanes of at least 4 members (excludes halogenated alkanes) is 8. The first kappa shape index (κ1) is 25.5. The van der Waals surface area contributed by atoms with Gasteiger partial charge in [-0.25, -0.2) is 4.98 Å². The van der Waals surface area contributed by atoms with Crippen LogP contribution < -0.4 is 0 Å². The molecular weight excluding hydrogens is 364 g/mol. The largest absolute Gasteiger partial charge is 0.346 e. The molecule has 0 amide bonds. The Morgan fingerprint density at radius 3 is 1.83 bits per heavy atom. The zero-order valence-electron chi connectivity index (χ0n) is 20.9. The SMILES string of the molecule is CCCCCCCC1CC(C)Cc2cnc([nH]2)CC(C)CC(CCCCCCC)C1. The first-order chi connectivity index (χ1) is 14.6. The van der Waals surface area contributed by atoms with Crippen LogP contribution in [0.4, 0.5) is 0 Å². The number of hydrogen-bond donors (Lipinski definition) is 1. The maximum atomic E-state index is 4.71. The zero-order valence-corrected chi connectivity index (χ0v) is 20.9. The lowest BCUT2D eigenvalue weighted by molar-refractivity contribution is 0.245. The third-order valence-electron chi connectivity index (χ3n) is 7.36. The molecule has 0 fully saturated rings. The second-order valence-electron chi connectivity index (χ2n) is 10.8. The highest BCUT2D eigenvalue weighted by Crippen LogP contribution is 2.33. The summed E-state index contributed by atoms with van der Waals surface area (Å²) < 4.78 is 0. The second kappa shape index (κ2) is 15.1. The van der Waals surface area contributed by atoms with Crippen LogP contribution in [0, 0.1) is 23.7 Å². The molecule has 0 spiro atoms. The van der Waals surface area contributed by atoms with Crippen molar-refractivity contribution < 1.29 is 0 Å². The normalized spacial score (nSPS) is 25.6. The standard InChI is InChI=1S/C28H52N2/c1-5-7-9-11-13-15-25-17-23(3)19-27-22-29-28(30-27)20-24(4)18-26(21-25)16-14-12-10-8-6-2/h22-26H,5-21H2,1-4H3,(H,29,30). The second-order valence-corrected chi connectivity index (χ2v) is 10.8. The molecule has 0 aromatic carbocycles. The van der Waals surface area contributed by atoms with E-state index in [4.69, 9.17) is 4.98 Å². The molecule has 1 aromatic heterocycles. The summed E-state index contributed by atoms with van der Waals surface area (Å²) in [4.78, 5) is 8.35. The lowest BCUT2D eigenvalue weighted by Gasteiger charge is -2.28. The van der Waals surface area contributed by atoms with Crippen LogP contribution in [0.1, 0.15) is 136 Å². The van der Waals surface area contributed by atoms with E-state index in [2.05, 4.69) is 38.9 Å². The summed E-state index contributed by atoms with van der Waals surface area (Å²) in [5, 5.41) is 0. The number of rotatable bonds is 12. The van der Waals surface area contributed by atoms with Gasteiger partial charge in [0.25, 0.3) is 0 Å². The summed E-state index contributed by atoms with van der Waals surface area (Å²) >= 11 is 0. The lowest BCUT2D eigenvalue weighted by atomic mass is 9.78. The fourth-order valence-electron chi connectivity index (χ4n) is 5.83. The van der Waals surface area contributed by atoms with Crippen molar-refractivity contribution >= 4 is 0 Å². The molecule has 2 heterocycles. The number of nitrogens with one attached hydrogen (secondary N) is 1. The van der Waals surface area contributed by atoms with Crippen molar-refractivity contribution in [3.63, 3.8) is 0 Å². The summed E-state index contributed by atoms with van der Waals surface area (Å²) in [7, 11) is 0. The van der Waals surface area contributed by atoms with Crippen molar-refractivity contribution in [2.24, 2.45) is 23.7 Å². The number of fused-ring (bicyclic) bond motifs is 2. The molecule has 0 saturated heterocycles. The van der Waals surface area contributed by atoms with Crippen LogP contribution in [0.25, 0.3) is 0 Å². The van der Waals surface area contributed by atoms with Gasteiger partial charge in [-0.3, -0.25) is 0 Å². The van der Waals surface area contributed by atoms with Gasteiger partial charge < -0.3 is 4.98 Å². The summed E-state index contributed by atoms with van der Waals surface area (Å²) in [5.41, 5.74) is 1.36. The number of imidazole rings is 1. The van der Waals surface area contributed by atoms with Gasteiger partial charge in [0.15, 0.2) is 0 Å². The minimum absolute atomic E-state index is 0.742. The summed E-state index contributed by atoms with van der Waals surface area (Å²) in [6.45, 7) is 9.57. The summed E-state index contributed by atoms with van der Waals surface area (Å²) in [6, 6.07) is 0. The van der Waals surface area contributed by atoms with E-state index >= 15 is 0 Å². The van der Waals surface area contributed by atoms with Crippen LogP contribution in [0.2, 0.25) is 0 Å². The van der Waals surface area contributed by atoms with Gasteiger partial charge in [-0.05, 0) is 49.4 Å². The monoisotopic (exact) mass is 416 g/mol. The molecule has 1 aromatic rings. The van der Waals surface area contributed by atoms with Crippen LogP contribution in [-0.2, 0) is 12.8 Å². The molecule has 1 aliphatic rings. The van der Waals surface area contributed by atoms with E-state index in [0.717, 1.165) is 30.1 Å². The Bertz CT molecular complexity index is 490. The third kappa shape index (κ3) is 10.5. The topological polar surface area (TPSA) is 28.7 Å². The highest BCUT2D eigenvalue weighted by molar-refractivity contribution is 5.03. The Balaban J connectivity index is 1.98. The Morgan fingerprint density at radius 2 is 1.27 bits per heavy atom. The molecule has 2 bridgehead atoms. The van der Waals surface area contributed by atoms with Gasteiger partial charge in [0.2, 0.25) is 0 Å². The average molecular weight is 417 g/mol. The van der Waals surface area contributed by atoms with Crippen molar-refractivity contribution in [2.75, 3.05) is 0 Å². The molecule has 1 N–H and O–H groups in total. The van der Waals surface area contributed by atoms with E-state index in [1.165, 1.54) is 114 Å². The van der Waals surface area contributed by atoms with Gasteiger partial charge in [0, 0.05) is 18.3 Å². The van der Waals surface area contributed by atoms with E-state index in [-0.39, 0.29) is 0 Å². The van der Waals surface area contributed by atoms with Crippen molar-refractivity contribution in [3.8, 4) is 0 Å². The van der Waals surface area contributed by atoms with Crippen molar-refractivity contribution in [1.29, 1.82) is 0 Å². The molecule has 4 atom stereocenters. The quantitative estimate of drug-likeness (QED) is 0.338. The highest BCUT2D eigenvalue weighted by atomic mass is 14.9. The van der Waals surface area contributed by atoms with Crippen LogP contribution in [0.5, 0.6) is 0 Å². The summed E-state index contributed by atoms with van der Waals surface area (Å²) in [6.07, 6.45) is 25.8. The third-order valence-corrected chi connectivity index (χ3v) is 7.36. The molecule has 2 rings (SSSR count). The Morgan fingerprint density at radius 1 is 0.733 bits per heavy atom. The van der Waals surface area contributed by atoms with Gasteiger partial charge in [0.05, 0.1) is 0 Å². The smallest absolute Gasteiger partial charge is 0.106 e. The number of aromatic amines is 1. The van der Waals surface area contributed by atoms with E-state index in [1.807, 2.05) is 0 Å². The van der Waals surface area contributed by atoms with E-state index in [0.29, 0.717) is 0 Å². The molecule has 2 heteroatoms. The molecule has 4 unspecified atom stereocenters. The van der Waals surface area contributed by atoms with Crippen molar-refractivity contribution in [2.45, 2.75) is 137 Å². The number of H-pyrrole nitrogens is 1. The number of nitrogens with zero attached hydrogens (tertiary/aromatic N) is 1. The van der Waals surface area contributed by atoms with Gasteiger partial charge in [-0.2, -0.15) is 0 Å². The van der Waals surface area contributed by atoms with Crippen LogP contribution in [0.3, 0.4) is 0 Å². The fourth-order valence-corrected chi connectivity index (χ4v) is 5.83. The minimum atomic E-state index is 0.742. The Labute approximate surface area is 188 Å². The molecule has 0 saturated carbocycles. The maximum Gasteiger partial charge on any atom is 0.106 e. The fraction of sp³-hybridized carbons (Fsp3) is 0.893. The van der Waals surface area contributed by atoms with Crippen LogP contribution in [-0.4, -0.2) is 9.97 Å². The molecule has 30 heavy (non-hydrogen) atoms. The molecule has 0 radical (unpaired) electrons. The zero-order chi connectivity index (χ0) is 21.6. The molecule has 0 aliphatic carbocycles. The molecule has 2 nitrogen and oxygen atoms in total.